The maximum Gasteiger partial charge on any atom is 0.271 e. The Morgan fingerprint density at radius 1 is 1.35 bits per heavy atom. The highest BCUT2D eigenvalue weighted by molar-refractivity contribution is 5.87. The molecule has 0 aliphatic heterocycles. The number of aromatic hydroxyl groups is 1. The van der Waals surface area contributed by atoms with Gasteiger partial charge in [0.25, 0.3) is 5.56 Å². The Morgan fingerprint density at radius 3 is 2.73 bits per heavy atom. The van der Waals surface area contributed by atoms with E-state index in [1.807, 2.05) is 38.1 Å². The molecule has 0 atom stereocenters. The number of aryl methyl sites for hydroxylation is 2. The summed E-state index contributed by atoms with van der Waals surface area (Å²) < 4.78 is 6.20. The molecule has 0 aliphatic carbocycles. The maximum atomic E-state index is 12.5. The molecule has 0 saturated heterocycles. The van der Waals surface area contributed by atoms with Crippen LogP contribution in [0.15, 0.2) is 28.0 Å². The van der Waals surface area contributed by atoms with Crippen LogP contribution in [-0.4, -0.2) is 29.6 Å². The van der Waals surface area contributed by atoms with Gasteiger partial charge in [0, 0.05) is 26.5 Å². The lowest BCUT2D eigenvalue weighted by Crippen LogP contribution is -2.26. The molecule has 0 saturated carbocycles. The van der Waals surface area contributed by atoms with Crippen molar-refractivity contribution in [3.8, 4) is 11.9 Å². The first-order chi connectivity index (χ1) is 12.4. The fourth-order valence-corrected chi connectivity index (χ4v) is 2.69. The number of methoxy groups -OCH3 is 1. The van der Waals surface area contributed by atoms with E-state index in [4.69, 9.17) is 4.74 Å². The van der Waals surface area contributed by atoms with Crippen molar-refractivity contribution in [2.45, 2.75) is 33.7 Å². The molecule has 0 radical (unpaired) electrons. The zero-order valence-corrected chi connectivity index (χ0v) is 15.5. The van der Waals surface area contributed by atoms with Crippen molar-refractivity contribution in [3.63, 3.8) is 0 Å². The van der Waals surface area contributed by atoms with E-state index in [1.165, 1.54) is 10.8 Å². The van der Waals surface area contributed by atoms with E-state index in [1.54, 1.807) is 14.0 Å². The molecule has 0 unspecified atom stereocenters. The summed E-state index contributed by atoms with van der Waals surface area (Å²) in [6, 6.07) is 7.86. The van der Waals surface area contributed by atoms with Gasteiger partial charge in [-0.3, -0.25) is 14.4 Å². The molecule has 26 heavy (non-hydrogen) atoms. The number of nitrogens with zero attached hydrogens (tertiary/aromatic N) is 3. The normalized spacial score (nSPS) is 11.0. The number of benzene rings is 1. The summed E-state index contributed by atoms with van der Waals surface area (Å²) in [6.45, 7) is 6.28. The predicted octanol–water partition coefficient (Wildman–Crippen LogP) is 3.14. The van der Waals surface area contributed by atoms with Gasteiger partial charge in [-0.15, -0.1) is 0 Å². The van der Waals surface area contributed by atoms with E-state index in [0.29, 0.717) is 24.2 Å². The topological polar surface area (TPSA) is 87.6 Å². The first-order valence-corrected chi connectivity index (χ1v) is 8.37. The Bertz CT molecular complexity index is 937. The van der Waals surface area contributed by atoms with E-state index in [-0.39, 0.29) is 18.0 Å². The van der Waals surface area contributed by atoms with E-state index in [0.717, 1.165) is 16.8 Å². The first kappa shape index (κ1) is 19.4. The van der Waals surface area contributed by atoms with Gasteiger partial charge in [-0.25, -0.2) is 0 Å². The van der Waals surface area contributed by atoms with Gasteiger partial charge in [0.1, 0.15) is 11.6 Å². The minimum Gasteiger partial charge on any atom is -0.494 e. The van der Waals surface area contributed by atoms with Crippen molar-refractivity contribution >= 4 is 11.9 Å². The van der Waals surface area contributed by atoms with Gasteiger partial charge in [0.2, 0.25) is 5.88 Å². The zero-order valence-electron chi connectivity index (χ0n) is 15.5. The van der Waals surface area contributed by atoms with Gasteiger partial charge in [-0.05, 0) is 49.9 Å². The van der Waals surface area contributed by atoms with Crippen molar-refractivity contribution in [1.82, 2.24) is 4.57 Å². The molecule has 1 heterocycles. The second-order valence-electron chi connectivity index (χ2n) is 6.20. The highest BCUT2D eigenvalue weighted by atomic mass is 16.5. The number of rotatable bonds is 6. The van der Waals surface area contributed by atoms with Crippen LogP contribution in [0.25, 0.3) is 0 Å². The Balaban J connectivity index is 2.55. The van der Waals surface area contributed by atoms with Gasteiger partial charge in [0.05, 0.1) is 11.3 Å². The summed E-state index contributed by atoms with van der Waals surface area (Å²) in [5.74, 6) is -0.184. The lowest BCUT2D eigenvalue weighted by molar-refractivity contribution is 0.188. The highest BCUT2D eigenvalue weighted by Gasteiger charge is 2.17. The third-order valence-corrected chi connectivity index (χ3v) is 4.27. The third-order valence-electron chi connectivity index (χ3n) is 4.27. The van der Waals surface area contributed by atoms with Crippen LogP contribution in [-0.2, 0) is 11.3 Å². The van der Waals surface area contributed by atoms with Crippen LogP contribution in [0.3, 0.4) is 0 Å². The van der Waals surface area contributed by atoms with Crippen molar-refractivity contribution in [2.24, 2.45) is 4.99 Å². The number of nitriles is 1. The van der Waals surface area contributed by atoms with E-state index >= 15 is 0 Å². The molecule has 1 aromatic carbocycles. The minimum atomic E-state index is -0.498. The van der Waals surface area contributed by atoms with Gasteiger partial charge >= 0.3 is 0 Å². The minimum absolute atomic E-state index is 0.0163. The van der Waals surface area contributed by atoms with E-state index < -0.39 is 5.56 Å². The largest absolute Gasteiger partial charge is 0.494 e. The van der Waals surface area contributed by atoms with E-state index in [2.05, 4.69) is 4.99 Å². The lowest BCUT2D eigenvalue weighted by Gasteiger charge is -2.14. The zero-order chi connectivity index (χ0) is 19.3. The molecule has 0 bridgehead atoms. The average molecular weight is 353 g/mol. The van der Waals surface area contributed by atoms with Crippen molar-refractivity contribution in [2.75, 3.05) is 13.7 Å². The summed E-state index contributed by atoms with van der Waals surface area (Å²) in [5, 5.41) is 20.0. The molecule has 1 aromatic heterocycles. The molecule has 2 rings (SSSR count). The third kappa shape index (κ3) is 4.01. The molecule has 0 spiro atoms. The summed E-state index contributed by atoms with van der Waals surface area (Å²) in [6.07, 6.45) is 2.06. The van der Waals surface area contributed by atoms with Crippen LogP contribution in [0.5, 0.6) is 5.88 Å². The van der Waals surface area contributed by atoms with Gasteiger partial charge in [-0.1, -0.05) is 12.1 Å². The second kappa shape index (κ2) is 8.45. The van der Waals surface area contributed by atoms with Crippen LogP contribution >= 0.6 is 0 Å². The maximum absolute atomic E-state index is 12.5. The number of ether oxygens (including phenoxy) is 1. The quantitative estimate of drug-likeness (QED) is 0.638. The Hall–Kier alpha value is -2.91. The summed E-state index contributed by atoms with van der Waals surface area (Å²) >= 11 is 0. The Labute approximate surface area is 153 Å². The molecule has 6 heteroatoms. The van der Waals surface area contributed by atoms with E-state index in [9.17, 15) is 15.2 Å². The smallest absolute Gasteiger partial charge is 0.271 e. The molecule has 6 nitrogen and oxygen atoms in total. The van der Waals surface area contributed by atoms with Crippen LogP contribution in [0.1, 0.15) is 34.2 Å². The molecule has 0 fully saturated rings. The number of aromatic nitrogens is 1. The number of pyridine rings is 1. The Kier molecular flexibility index (Phi) is 6.31. The van der Waals surface area contributed by atoms with Crippen LogP contribution in [0, 0.1) is 32.1 Å². The first-order valence-electron chi connectivity index (χ1n) is 8.37. The molecule has 1 N–H and O–H groups in total. The van der Waals surface area contributed by atoms with Crippen LogP contribution < -0.4 is 5.56 Å². The monoisotopic (exact) mass is 353 g/mol. The summed E-state index contributed by atoms with van der Waals surface area (Å²) in [4.78, 5) is 16.9. The molecule has 136 valence electrons. The van der Waals surface area contributed by atoms with Gasteiger partial charge in [-0.2, -0.15) is 5.26 Å². The van der Waals surface area contributed by atoms with Crippen LogP contribution in [0.4, 0.5) is 5.69 Å². The molecular weight excluding hydrogens is 330 g/mol. The average Bonchev–Trinajstić information content (AvgIpc) is 2.61. The van der Waals surface area contributed by atoms with Crippen molar-refractivity contribution in [1.29, 1.82) is 5.26 Å². The van der Waals surface area contributed by atoms with Gasteiger partial charge < -0.3 is 9.84 Å². The van der Waals surface area contributed by atoms with Gasteiger partial charge in [0.15, 0.2) is 0 Å². The van der Waals surface area contributed by atoms with Crippen molar-refractivity contribution in [3.05, 3.63) is 56.4 Å². The number of aliphatic imine (C=N–C) groups is 1. The predicted molar refractivity (Wildman–Crippen MR) is 101 cm³/mol. The standard InChI is InChI=1S/C20H23N3O3/c1-13-6-7-14(2)18(10-13)22-12-17-15(3)16(11-21)19(24)23(20(17)25)8-5-9-26-4/h6-7,10,12,25H,5,8-9H2,1-4H3. The fourth-order valence-electron chi connectivity index (χ4n) is 2.69. The van der Waals surface area contributed by atoms with Crippen molar-refractivity contribution < 1.29 is 9.84 Å². The Morgan fingerprint density at radius 2 is 2.08 bits per heavy atom. The molecular formula is C20H23N3O3. The molecule has 0 aliphatic rings. The SMILES string of the molecule is COCCCn1c(O)c(C=Nc2cc(C)ccc2C)c(C)c(C#N)c1=O. The summed E-state index contributed by atoms with van der Waals surface area (Å²) in [5.41, 5.74) is 3.17. The summed E-state index contributed by atoms with van der Waals surface area (Å²) in [7, 11) is 1.57. The van der Waals surface area contributed by atoms with Crippen LogP contribution in [0.2, 0.25) is 0 Å². The lowest BCUT2D eigenvalue weighted by atomic mass is 10.1. The number of hydrogen-bond donors (Lipinski definition) is 1. The number of hydrogen-bond acceptors (Lipinski definition) is 5. The molecule has 0 amide bonds. The fraction of sp³-hybridized carbons (Fsp3) is 0.350. The molecule has 2 aromatic rings. The second-order valence-corrected chi connectivity index (χ2v) is 6.20. The highest BCUT2D eigenvalue weighted by Crippen LogP contribution is 2.23.